The standard InChI is InChI=1S/C34H40N4O3/c1-7-40-32(39)18-27(26-12-14-30-33(22(26)3)35-36-37(30)6)24-10-9-23-11-13-29(28(23)17-24)38-19-25-16-21(2)8-15-31(25)41-34(4,5)20-38/h8-10,12,14-17,27,29H,7,11,13,18-20H2,1-6H3. The lowest BCUT2D eigenvalue weighted by atomic mass is 9.84. The van der Waals surface area contributed by atoms with Crippen LogP contribution in [0.1, 0.15) is 84.5 Å². The molecule has 2 atom stereocenters. The molecular weight excluding hydrogens is 512 g/mol. The first kappa shape index (κ1) is 27.5. The molecule has 1 aliphatic carbocycles. The fourth-order valence-corrected chi connectivity index (χ4v) is 6.86. The van der Waals surface area contributed by atoms with E-state index in [1.54, 1.807) is 4.68 Å². The van der Waals surface area contributed by atoms with Crippen molar-refractivity contribution in [1.82, 2.24) is 19.9 Å². The Labute approximate surface area is 242 Å². The van der Waals surface area contributed by atoms with Crippen LogP contribution in [0, 0.1) is 13.8 Å². The molecular formula is C34H40N4O3. The van der Waals surface area contributed by atoms with Gasteiger partial charge in [0.2, 0.25) is 0 Å². The third kappa shape index (κ3) is 5.23. The highest BCUT2D eigenvalue weighted by Crippen LogP contribution is 2.43. The van der Waals surface area contributed by atoms with Crippen LogP contribution in [-0.4, -0.2) is 44.6 Å². The Morgan fingerprint density at radius 2 is 1.95 bits per heavy atom. The van der Waals surface area contributed by atoms with E-state index >= 15 is 0 Å². The Bertz CT molecular complexity index is 1620. The zero-order valence-corrected chi connectivity index (χ0v) is 25.0. The Kier molecular flexibility index (Phi) is 7.10. The fourth-order valence-electron chi connectivity index (χ4n) is 6.86. The molecule has 2 aliphatic rings. The largest absolute Gasteiger partial charge is 0.486 e. The van der Waals surface area contributed by atoms with E-state index in [1.165, 1.54) is 22.3 Å². The zero-order valence-electron chi connectivity index (χ0n) is 25.0. The summed E-state index contributed by atoms with van der Waals surface area (Å²) < 4.78 is 13.7. The van der Waals surface area contributed by atoms with Gasteiger partial charge in [0.1, 0.15) is 16.9 Å². The molecule has 6 rings (SSSR count). The highest BCUT2D eigenvalue weighted by atomic mass is 16.5. The van der Waals surface area contributed by atoms with Crippen LogP contribution in [0.5, 0.6) is 5.75 Å². The van der Waals surface area contributed by atoms with Crippen molar-refractivity contribution in [1.29, 1.82) is 0 Å². The second kappa shape index (κ2) is 10.6. The molecule has 1 aromatic heterocycles. The summed E-state index contributed by atoms with van der Waals surface area (Å²) in [7, 11) is 1.90. The monoisotopic (exact) mass is 552 g/mol. The molecule has 41 heavy (non-hydrogen) atoms. The van der Waals surface area contributed by atoms with Crippen molar-refractivity contribution in [3.05, 3.63) is 87.5 Å². The number of aromatic nitrogens is 3. The predicted octanol–water partition coefficient (Wildman–Crippen LogP) is 6.33. The first-order valence-electron chi connectivity index (χ1n) is 14.7. The molecule has 0 saturated heterocycles. The maximum absolute atomic E-state index is 12.9. The van der Waals surface area contributed by atoms with Crippen molar-refractivity contribution in [3.8, 4) is 5.75 Å². The molecule has 0 N–H and O–H groups in total. The molecule has 0 saturated carbocycles. The van der Waals surface area contributed by atoms with Crippen LogP contribution in [0.25, 0.3) is 11.0 Å². The highest BCUT2D eigenvalue weighted by Gasteiger charge is 2.36. The van der Waals surface area contributed by atoms with Gasteiger partial charge in [-0.15, -0.1) is 5.10 Å². The van der Waals surface area contributed by atoms with E-state index in [1.807, 2.05) is 14.0 Å². The summed E-state index contributed by atoms with van der Waals surface area (Å²) in [5.74, 6) is 0.658. The summed E-state index contributed by atoms with van der Waals surface area (Å²) in [6.45, 7) is 12.5. The molecule has 3 aromatic carbocycles. The molecule has 0 amide bonds. The summed E-state index contributed by atoms with van der Waals surface area (Å²) in [6.07, 6.45) is 2.40. The number of fused-ring (bicyclic) bond motifs is 3. The molecule has 0 fully saturated rings. The second-order valence-electron chi connectivity index (χ2n) is 12.3. The van der Waals surface area contributed by atoms with Gasteiger partial charge < -0.3 is 9.47 Å². The van der Waals surface area contributed by atoms with Crippen molar-refractivity contribution in [2.45, 2.75) is 78.0 Å². The van der Waals surface area contributed by atoms with Gasteiger partial charge in [0.25, 0.3) is 0 Å². The number of rotatable bonds is 6. The van der Waals surface area contributed by atoms with E-state index in [0.717, 1.165) is 59.4 Å². The minimum absolute atomic E-state index is 0.140. The van der Waals surface area contributed by atoms with Crippen LogP contribution in [0.2, 0.25) is 0 Å². The smallest absolute Gasteiger partial charge is 0.306 e. The second-order valence-corrected chi connectivity index (χ2v) is 12.3. The molecule has 0 radical (unpaired) electrons. The lowest BCUT2D eigenvalue weighted by Crippen LogP contribution is -2.41. The summed E-state index contributed by atoms with van der Waals surface area (Å²) >= 11 is 0. The molecule has 214 valence electrons. The van der Waals surface area contributed by atoms with Crippen LogP contribution in [0.4, 0.5) is 0 Å². The van der Waals surface area contributed by atoms with Crippen LogP contribution in [-0.2, 0) is 29.5 Å². The van der Waals surface area contributed by atoms with Gasteiger partial charge in [-0.3, -0.25) is 9.69 Å². The predicted molar refractivity (Wildman–Crippen MR) is 160 cm³/mol. The Hall–Kier alpha value is -3.71. The number of carbonyl (C=O) groups is 1. The van der Waals surface area contributed by atoms with Gasteiger partial charge in [0.15, 0.2) is 0 Å². The SMILES string of the molecule is CCOC(=O)CC(c1ccc2c(c1)C(N1Cc3cc(C)ccc3OC(C)(C)C1)CC2)c1ccc2c(nnn2C)c1C. The molecule has 1 aliphatic heterocycles. The average molecular weight is 553 g/mol. The van der Waals surface area contributed by atoms with Gasteiger partial charge in [0, 0.05) is 37.7 Å². The maximum atomic E-state index is 12.9. The number of ether oxygens (including phenoxy) is 2. The van der Waals surface area contributed by atoms with E-state index in [4.69, 9.17) is 9.47 Å². The van der Waals surface area contributed by atoms with E-state index in [9.17, 15) is 4.79 Å². The molecule has 0 bridgehead atoms. The van der Waals surface area contributed by atoms with Gasteiger partial charge >= 0.3 is 5.97 Å². The average Bonchev–Trinajstić information content (AvgIpc) is 3.49. The van der Waals surface area contributed by atoms with Crippen LogP contribution < -0.4 is 4.74 Å². The van der Waals surface area contributed by atoms with Crippen LogP contribution >= 0.6 is 0 Å². The van der Waals surface area contributed by atoms with Crippen molar-refractivity contribution < 1.29 is 14.3 Å². The van der Waals surface area contributed by atoms with E-state index in [2.05, 4.69) is 91.4 Å². The number of benzene rings is 3. The normalized spacial score (nSPS) is 18.8. The Morgan fingerprint density at radius 3 is 2.76 bits per heavy atom. The third-order valence-corrected chi connectivity index (χ3v) is 8.75. The molecule has 7 heteroatoms. The number of carbonyl (C=O) groups excluding carboxylic acids is 1. The van der Waals surface area contributed by atoms with Gasteiger partial charge in [0.05, 0.1) is 18.5 Å². The van der Waals surface area contributed by atoms with Crippen molar-refractivity contribution >= 4 is 17.0 Å². The molecule has 0 spiro atoms. The van der Waals surface area contributed by atoms with Crippen molar-refractivity contribution in [3.63, 3.8) is 0 Å². The summed E-state index contributed by atoms with van der Waals surface area (Å²) in [5.41, 5.74) is 10.1. The van der Waals surface area contributed by atoms with Crippen molar-refractivity contribution in [2.75, 3.05) is 13.2 Å². The minimum atomic E-state index is -0.309. The molecule has 2 heterocycles. The van der Waals surface area contributed by atoms with E-state index < -0.39 is 0 Å². The first-order valence-corrected chi connectivity index (χ1v) is 14.7. The molecule has 7 nitrogen and oxygen atoms in total. The molecule has 4 aromatic rings. The van der Waals surface area contributed by atoms with Gasteiger partial charge in [-0.05, 0) is 87.4 Å². The Morgan fingerprint density at radius 1 is 1.12 bits per heavy atom. The summed E-state index contributed by atoms with van der Waals surface area (Å²) in [5, 5.41) is 8.66. The van der Waals surface area contributed by atoms with Gasteiger partial charge in [-0.2, -0.15) is 0 Å². The topological polar surface area (TPSA) is 69.5 Å². The quantitative estimate of drug-likeness (QED) is 0.260. The minimum Gasteiger partial charge on any atom is -0.486 e. The number of hydrogen-bond acceptors (Lipinski definition) is 6. The van der Waals surface area contributed by atoms with E-state index in [0.29, 0.717) is 6.61 Å². The van der Waals surface area contributed by atoms with Gasteiger partial charge in [-0.1, -0.05) is 47.2 Å². The van der Waals surface area contributed by atoms with E-state index in [-0.39, 0.29) is 30.0 Å². The first-order chi connectivity index (χ1) is 19.6. The van der Waals surface area contributed by atoms with Crippen molar-refractivity contribution in [2.24, 2.45) is 7.05 Å². The fraction of sp³-hybridized carbons (Fsp3) is 0.441. The highest BCUT2D eigenvalue weighted by molar-refractivity contribution is 5.80. The molecule has 2 unspecified atom stereocenters. The maximum Gasteiger partial charge on any atom is 0.306 e. The number of aryl methyl sites for hydroxylation is 4. The third-order valence-electron chi connectivity index (χ3n) is 8.75. The lowest BCUT2D eigenvalue weighted by molar-refractivity contribution is -0.143. The van der Waals surface area contributed by atoms with Gasteiger partial charge in [-0.25, -0.2) is 4.68 Å². The lowest BCUT2D eigenvalue weighted by Gasteiger charge is -2.34. The Balaban J connectivity index is 1.40. The zero-order chi connectivity index (χ0) is 28.9. The summed E-state index contributed by atoms with van der Waals surface area (Å²) in [6, 6.07) is 17.8. The summed E-state index contributed by atoms with van der Waals surface area (Å²) in [4.78, 5) is 15.5. The number of nitrogens with zero attached hydrogens (tertiary/aromatic N) is 4. The number of esters is 1. The number of hydrogen-bond donors (Lipinski definition) is 0. The van der Waals surface area contributed by atoms with Crippen LogP contribution in [0.3, 0.4) is 0 Å². The van der Waals surface area contributed by atoms with Crippen LogP contribution in [0.15, 0.2) is 48.5 Å².